The van der Waals surface area contributed by atoms with Crippen molar-refractivity contribution < 1.29 is 10.0 Å². The van der Waals surface area contributed by atoms with Crippen LogP contribution in [-0.2, 0) is 11.2 Å². The Bertz CT molecular complexity index is 662. The summed E-state index contributed by atoms with van der Waals surface area (Å²) >= 11 is 0. The van der Waals surface area contributed by atoms with Crippen LogP contribution >= 0.6 is 0 Å². The van der Waals surface area contributed by atoms with Crippen molar-refractivity contribution in [2.75, 3.05) is 0 Å². The molecule has 1 amide bonds. The van der Waals surface area contributed by atoms with Crippen molar-refractivity contribution in [3.05, 3.63) is 48.0 Å². The molecule has 5 heteroatoms. The number of carbonyl (C=O) groups is 1. The van der Waals surface area contributed by atoms with Gasteiger partial charge < -0.3 is 16.3 Å². The number of nitrogens with two attached hydrogens (primary N) is 1. The quantitative estimate of drug-likeness (QED) is 0.340. The fourth-order valence-corrected chi connectivity index (χ4v) is 2.32. The number of hydrogen-bond donors (Lipinski definition) is 3. The van der Waals surface area contributed by atoms with Gasteiger partial charge in [-0.2, -0.15) is 0 Å². The number of benzene rings is 2. The third-order valence-electron chi connectivity index (χ3n) is 3.45. The highest BCUT2D eigenvalue weighted by atomic mass is 16.4. The van der Waals surface area contributed by atoms with Crippen LogP contribution in [0.5, 0.6) is 0 Å². The van der Waals surface area contributed by atoms with E-state index in [1.807, 2.05) is 49.4 Å². The van der Waals surface area contributed by atoms with Gasteiger partial charge in [0.25, 0.3) is 0 Å². The van der Waals surface area contributed by atoms with E-state index >= 15 is 0 Å². The second-order valence-electron chi connectivity index (χ2n) is 4.87. The first-order chi connectivity index (χ1) is 10.2. The lowest BCUT2D eigenvalue weighted by atomic mass is 10.0. The second kappa shape index (κ2) is 6.74. The zero-order chi connectivity index (χ0) is 15.2. The summed E-state index contributed by atoms with van der Waals surface area (Å²) in [5, 5.41) is 16.6. The molecule has 0 bridgehead atoms. The van der Waals surface area contributed by atoms with Gasteiger partial charge in [0.1, 0.15) is 0 Å². The molecule has 4 N–H and O–H groups in total. The molecule has 21 heavy (non-hydrogen) atoms. The van der Waals surface area contributed by atoms with Crippen LogP contribution in [-0.4, -0.2) is 23.0 Å². The minimum Gasteiger partial charge on any atom is -0.409 e. The van der Waals surface area contributed by atoms with E-state index in [4.69, 9.17) is 10.9 Å². The predicted octanol–water partition coefficient (Wildman–Crippen LogP) is 2.02. The summed E-state index contributed by atoms with van der Waals surface area (Å²) in [6, 6.07) is 13.4. The second-order valence-corrected chi connectivity index (χ2v) is 4.87. The number of oxime groups is 1. The van der Waals surface area contributed by atoms with Crippen molar-refractivity contribution in [1.29, 1.82) is 0 Å². The molecule has 2 aromatic carbocycles. The van der Waals surface area contributed by atoms with E-state index in [0.717, 1.165) is 16.3 Å². The zero-order valence-corrected chi connectivity index (χ0v) is 11.9. The molecule has 0 saturated carbocycles. The van der Waals surface area contributed by atoms with Crippen LogP contribution in [0, 0.1) is 0 Å². The Balaban J connectivity index is 2.15. The topological polar surface area (TPSA) is 87.7 Å². The summed E-state index contributed by atoms with van der Waals surface area (Å²) in [5.41, 5.74) is 6.50. The molecular weight excluding hydrogens is 266 g/mol. The number of fused-ring (bicyclic) bond motifs is 1. The van der Waals surface area contributed by atoms with Gasteiger partial charge in [0, 0.05) is 0 Å². The number of hydrogen-bond acceptors (Lipinski definition) is 3. The third-order valence-corrected chi connectivity index (χ3v) is 3.45. The lowest BCUT2D eigenvalue weighted by Crippen LogP contribution is -2.44. The van der Waals surface area contributed by atoms with Crippen molar-refractivity contribution in [1.82, 2.24) is 5.32 Å². The van der Waals surface area contributed by atoms with Gasteiger partial charge in [-0.15, -0.1) is 0 Å². The molecule has 0 spiro atoms. The summed E-state index contributed by atoms with van der Waals surface area (Å²) in [4.78, 5) is 12.1. The monoisotopic (exact) mass is 285 g/mol. The first-order valence-corrected chi connectivity index (χ1v) is 6.89. The molecule has 5 nitrogen and oxygen atoms in total. The van der Waals surface area contributed by atoms with E-state index < -0.39 is 6.04 Å². The standard InChI is InChI=1S/C16H19N3O2/c1-2-14(16(17)19-21)18-15(20)10-12-8-5-7-11-6-3-4-9-13(11)12/h3-9,14,21H,2,10H2,1H3,(H2,17,19)(H,18,20). The molecule has 0 aliphatic heterocycles. The zero-order valence-electron chi connectivity index (χ0n) is 11.9. The predicted molar refractivity (Wildman–Crippen MR) is 83.3 cm³/mol. The number of amidine groups is 1. The molecule has 1 unspecified atom stereocenters. The summed E-state index contributed by atoms with van der Waals surface area (Å²) in [6.07, 6.45) is 0.827. The molecule has 0 aliphatic rings. The van der Waals surface area contributed by atoms with Gasteiger partial charge in [-0.05, 0) is 22.8 Å². The molecule has 2 rings (SSSR count). The molecular formula is C16H19N3O2. The van der Waals surface area contributed by atoms with E-state index in [1.54, 1.807) is 0 Å². The molecule has 110 valence electrons. The van der Waals surface area contributed by atoms with Gasteiger partial charge in [0.05, 0.1) is 12.5 Å². The fourth-order valence-electron chi connectivity index (χ4n) is 2.32. The van der Waals surface area contributed by atoms with Crippen LogP contribution in [0.3, 0.4) is 0 Å². The Morgan fingerprint density at radius 1 is 1.29 bits per heavy atom. The maximum Gasteiger partial charge on any atom is 0.225 e. The third kappa shape index (κ3) is 3.51. The molecule has 0 aromatic heterocycles. The first-order valence-electron chi connectivity index (χ1n) is 6.89. The lowest BCUT2D eigenvalue weighted by molar-refractivity contribution is -0.120. The lowest BCUT2D eigenvalue weighted by Gasteiger charge is -2.15. The highest BCUT2D eigenvalue weighted by Gasteiger charge is 2.15. The smallest absolute Gasteiger partial charge is 0.225 e. The number of nitrogens with one attached hydrogen (secondary N) is 1. The Morgan fingerprint density at radius 2 is 2.00 bits per heavy atom. The van der Waals surface area contributed by atoms with E-state index in [2.05, 4.69) is 10.5 Å². The van der Waals surface area contributed by atoms with E-state index in [1.165, 1.54) is 0 Å². The van der Waals surface area contributed by atoms with E-state index in [9.17, 15) is 4.79 Å². The Hall–Kier alpha value is -2.56. The van der Waals surface area contributed by atoms with Gasteiger partial charge in [0.15, 0.2) is 5.84 Å². The minimum absolute atomic E-state index is 0.0174. The van der Waals surface area contributed by atoms with E-state index in [0.29, 0.717) is 6.42 Å². The summed E-state index contributed by atoms with van der Waals surface area (Å²) in [5.74, 6) is -0.131. The van der Waals surface area contributed by atoms with Crippen LogP contribution in [0.4, 0.5) is 0 Å². The van der Waals surface area contributed by atoms with Gasteiger partial charge in [-0.25, -0.2) is 0 Å². The molecule has 2 aromatic rings. The average molecular weight is 285 g/mol. The minimum atomic E-state index is -0.447. The number of nitrogens with zero attached hydrogens (tertiary/aromatic N) is 1. The number of rotatable bonds is 5. The van der Waals surface area contributed by atoms with Crippen molar-refractivity contribution in [2.24, 2.45) is 10.9 Å². The van der Waals surface area contributed by atoms with Crippen molar-refractivity contribution in [2.45, 2.75) is 25.8 Å². The Kier molecular flexibility index (Phi) is 4.77. The van der Waals surface area contributed by atoms with Crippen LogP contribution in [0.15, 0.2) is 47.6 Å². The molecule has 0 saturated heterocycles. The summed E-state index contributed by atoms with van der Waals surface area (Å²) in [6.45, 7) is 1.86. The normalized spacial score (nSPS) is 13.1. The van der Waals surface area contributed by atoms with Gasteiger partial charge >= 0.3 is 0 Å². The first kappa shape index (κ1) is 14.8. The molecule has 0 fully saturated rings. The highest BCUT2D eigenvalue weighted by Crippen LogP contribution is 2.18. The Morgan fingerprint density at radius 3 is 2.71 bits per heavy atom. The van der Waals surface area contributed by atoms with Crippen LogP contribution in [0.2, 0.25) is 0 Å². The molecule has 0 heterocycles. The van der Waals surface area contributed by atoms with Crippen molar-refractivity contribution in [3.8, 4) is 0 Å². The molecule has 0 radical (unpaired) electrons. The van der Waals surface area contributed by atoms with Crippen molar-refractivity contribution >= 4 is 22.5 Å². The number of amides is 1. The number of carbonyl (C=O) groups excluding carboxylic acids is 1. The average Bonchev–Trinajstić information content (AvgIpc) is 2.52. The molecule has 1 atom stereocenters. The Labute approximate surface area is 123 Å². The highest BCUT2D eigenvalue weighted by molar-refractivity contribution is 5.93. The SMILES string of the molecule is CCC(NC(=O)Cc1cccc2ccccc12)/C(N)=N/O. The van der Waals surface area contributed by atoms with Crippen molar-refractivity contribution in [3.63, 3.8) is 0 Å². The maximum atomic E-state index is 12.1. The molecule has 0 aliphatic carbocycles. The summed E-state index contributed by atoms with van der Waals surface area (Å²) < 4.78 is 0. The van der Waals surface area contributed by atoms with Gasteiger partial charge in [-0.3, -0.25) is 4.79 Å². The largest absolute Gasteiger partial charge is 0.409 e. The summed E-state index contributed by atoms with van der Waals surface area (Å²) in [7, 11) is 0. The maximum absolute atomic E-state index is 12.1. The fraction of sp³-hybridized carbons (Fsp3) is 0.250. The van der Waals surface area contributed by atoms with Gasteiger partial charge in [-0.1, -0.05) is 54.5 Å². The van der Waals surface area contributed by atoms with Crippen LogP contribution in [0.1, 0.15) is 18.9 Å². The van der Waals surface area contributed by atoms with Crippen LogP contribution < -0.4 is 11.1 Å². The van der Waals surface area contributed by atoms with Gasteiger partial charge in [0.2, 0.25) is 5.91 Å². The van der Waals surface area contributed by atoms with Crippen LogP contribution in [0.25, 0.3) is 10.8 Å². The van der Waals surface area contributed by atoms with E-state index in [-0.39, 0.29) is 18.2 Å².